The van der Waals surface area contributed by atoms with Gasteiger partial charge in [0, 0.05) is 19.0 Å². The first kappa shape index (κ1) is 15.7. The highest BCUT2D eigenvalue weighted by Gasteiger charge is 2.06. The van der Waals surface area contributed by atoms with E-state index in [1.807, 2.05) is 6.07 Å². The molecule has 1 rings (SSSR count). The lowest BCUT2D eigenvalue weighted by molar-refractivity contribution is 0.394. The molecular weight excluding hydrogens is 238 g/mol. The van der Waals surface area contributed by atoms with Gasteiger partial charge in [0.05, 0.1) is 7.11 Å². The van der Waals surface area contributed by atoms with Gasteiger partial charge in [-0.05, 0) is 12.3 Å². The Balaban J connectivity index is 2.55. The van der Waals surface area contributed by atoms with Crippen molar-refractivity contribution in [2.24, 2.45) is 5.92 Å². The number of nitrogens with zero attached hydrogens (tertiary/aromatic N) is 2. The first-order chi connectivity index (χ1) is 9.15. The second-order valence-electron chi connectivity index (χ2n) is 5.30. The third-order valence-corrected chi connectivity index (χ3v) is 2.89. The molecule has 0 saturated carbocycles. The average Bonchev–Trinajstić information content (AvgIpc) is 2.37. The summed E-state index contributed by atoms with van der Waals surface area (Å²) in [6.45, 7) is 7.52. The molecular formula is C15H27N3O. The number of nitrogens with one attached hydrogen (secondary N) is 1. The number of anilines is 1. The van der Waals surface area contributed by atoms with Crippen molar-refractivity contribution in [2.75, 3.05) is 19.0 Å². The highest BCUT2D eigenvalue weighted by molar-refractivity contribution is 5.38. The van der Waals surface area contributed by atoms with Crippen LogP contribution in [0.3, 0.4) is 0 Å². The van der Waals surface area contributed by atoms with E-state index in [-0.39, 0.29) is 0 Å². The van der Waals surface area contributed by atoms with E-state index in [0.29, 0.717) is 11.8 Å². The van der Waals surface area contributed by atoms with Gasteiger partial charge in [-0.1, -0.05) is 40.0 Å². The van der Waals surface area contributed by atoms with Gasteiger partial charge in [-0.25, -0.2) is 4.98 Å². The Labute approximate surface area is 117 Å². The zero-order valence-corrected chi connectivity index (χ0v) is 12.7. The zero-order valence-electron chi connectivity index (χ0n) is 12.7. The summed E-state index contributed by atoms with van der Waals surface area (Å²) in [4.78, 5) is 8.91. The van der Waals surface area contributed by atoms with Crippen molar-refractivity contribution in [1.29, 1.82) is 0 Å². The molecule has 1 aromatic heterocycles. The molecule has 0 unspecified atom stereocenters. The summed E-state index contributed by atoms with van der Waals surface area (Å²) in [6.07, 6.45) is 5.89. The van der Waals surface area contributed by atoms with Crippen molar-refractivity contribution in [3.8, 4) is 5.88 Å². The van der Waals surface area contributed by atoms with Crippen molar-refractivity contribution < 1.29 is 4.74 Å². The fourth-order valence-electron chi connectivity index (χ4n) is 1.89. The molecule has 0 aliphatic carbocycles. The monoisotopic (exact) mass is 265 g/mol. The van der Waals surface area contributed by atoms with Crippen molar-refractivity contribution >= 4 is 5.82 Å². The summed E-state index contributed by atoms with van der Waals surface area (Å²) >= 11 is 0. The fourth-order valence-corrected chi connectivity index (χ4v) is 1.89. The van der Waals surface area contributed by atoms with Crippen LogP contribution in [0.15, 0.2) is 6.07 Å². The van der Waals surface area contributed by atoms with Crippen LogP contribution in [-0.4, -0.2) is 23.6 Å². The highest BCUT2D eigenvalue weighted by Crippen LogP contribution is 2.15. The lowest BCUT2D eigenvalue weighted by atomic mass is 10.1. The molecule has 0 fully saturated rings. The number of aromatic nitrogens is 2. The van der Waals surface area contributed by atoms with Crippen molar-refractivity contribution in [3.63, 3.8) is 0 Å². The van der Waals surface area contributed by atoms with Crippen LogP contribution in [0, 0.1) is 5.92 Å². The minimum atomic E-state index is 0.546. The Morgan fingerprint density at radius 1 is 1.21 bits per heavy atom. The first-order valence-corrected chi connectivity index (χ1v) is 7.31. The lowest BCUT2D eigenvalue weighted by Crippen LogP contribution is -2.08. The van der Waals surface area contributed by atoms with Gasteiger partial charge in [0.15, 0.2) is 0 Å². The normalized spacial score (nSPS) is 10.8. The molecule has 0 saturated heterocycles. The minimum absolute atomic E-state index is 0.546. The minimum Gasteiger partial charge on any atom is -0.481 e. The van der Waals surface area contributed by atoms with Crippen LogP contribution in [0.25, 0.3) is 0 Å². The number of unbranched alkanes of at least 4 members (excludes halogenated alkanes) is 3. The van der Waals surface area contributed by atoms with Crippen molar-refractivity contribution in [1.82, 2.24) is 9.97 Å². The standard InChI is InChI=1S/C15H27N3O/c1-5-6-7-8-9-16-13-11-15(19-4)18-14(17-13)10-12(2)3/h11-12H,5-10H2,1-4H3,(H,16,17,18). The summed E-state index contributed by atoms with van der Waals surface area (Å²) in [6, 6.07) is 1.86. The summed E-state index contributed by atoms with van der Waals surface area (Å²) < 4.78 is 5.23. The van der Waals surface area contributed by atoms with E-state index >= 15 is 0 Å². The number of rotatable bonds is 9. The summed E-state index contributed by atoms with van der Waals surface area (Å²) in [5.41, 5.74) is 0. The molecule has 1 aromatic rings. The van der Waals surface area contributed by atoms with E-state index in [1.54, 1.807) is 7.11 Å². The molecule has 0 aliphatic rings. The zero-order chi connectivity index (χ0) is 14.1. The van der Waals surface area contributed by atoms with Gasteiger partial charge in [-0.2, -0.15) is 4.98 Å². The van der Waals surface area contributed by atoms with Gasteiger partial charge >= 0.3 is 0 Å². The molecule has 19 heavy (non-hydrogen) atoms. The Hall–Kier alpha value is -1.32. The third kappa shape index (κ3) is 6.41. The average molecular weight is 265 g/mol. The van der Waals surface area contributed by atoms with Gasteiger partial charge in [-0.15, -0.1) is 0 Å². The smallest absolute Gasteiger partial charge is 0.218 e. The molecule has 4 nitrogen and oxygen atoms in total. The second kappa shape index (κ2) is 8.73. The Kier molecular flexibility index (Phi) is 7.23. The van der Waals surface area contributed by atoms with Crippen LogP contribution < -0.4 is 10.1 Å². The molecule has 0 amide bonds. The number of methoxy groups -OCH3 is 1. The van der Waals surface area contributed by atoms with E-state index < -0.39 is 0 Å². The summed E-state index contributed by atoms with van der Waals surface area (Å²) in [7, 11) is 1.65. The van der Waals surface area contributed by atoms with Gasteiger partial charge < -0.3 is 10.1 Å². The van der Waals surface area contributed by atoms with E-state index in [2.05, 4.69) is 36.1 Å². The van der Waals surface area contributed by atoms with Crippen molar-refractivity contribution in [2.45, 2.75) is 52.9 Å². The lowest BCUT2D eigenvalue weighted by Gasteiger charge is -2.10. The maximum absolute atomic E-state index is 5.23. The van der Waals surface area contributed by atoms with Gasteiger partial charge in [0.25, 0.3) is 0 Å². The number of ether oxygens (including phenoxy) is 1. The van der Waals surface area contributed by atoms with Crippen LogP contribution in [-0.2, 0) is 6.42 Å². The van der Waals surface area contributed by atoms with E-state index in [1.165, 1.54) is 25.7 Å². The Bertz CT molecular complexity index is 366. The number of hydrogen-bond acceptors (Lipinski definition) is 4. The van der Waals surface area contributed by atoms with Crippen LogP contribution >= 0.6 is 0 Å². The highest BCUT2D eigenvalue weighted by atomic mass is 16.5. The third-order valence-electron chi connectivity index (χ3n) is 2.89. The maximum Gasteiger partial charge on any atom is 0.218 e. The molecule has 1 heterocycles. The Morgan fingerprint density at radius 2 is 2.00 bits per heavy atom. The summed E-state index contributed by atoms with van der Waals surface area (Å²) in [5, 5.41) is 3.36. The number of hydrogen-bond donors (Lipinski definition) is 1. The topological polar surface area (TPSA) is 47.0 Å². The molecule has 4 heteroatoms. The van der Waals surface area contributed by atoms with Gasteiger partial charge in [-0.3, -0.25) is 0 Å². The van der Waals surface area contributed by atoms with E-state index in [4.69, 9.17) is 4.74 Å². The molecule has 0 aliphatic heterocycles. The Morgan fingerprint density at radius 3 is 2.63 bits per heavy atom. The maximum atomic E-state index is 5.23. The van der Waals surface area contributed by atoms with Crippen LogP contribution in [0.4, 0.5) is 5.82 Å². The molecule has 0 atom stereocenters. The quantitative estimate of drug-likeness (QED) is 0.692. The largest absolute Gasteiger partial charge is 0.481 e. The van der Waals surface area contributed by atoms with Crippen LogP contribution in [0.5, 0.6) is 5.88 Å². The molecule has 0 radical (unpaired) electrons. The summed E-state index contributed by atoms with van der Waals surface area (Å²) in [5.74, 6) is 2.91. The van der Waals surface area contributed by atoms with E-state index in [9.17, 15) is 0 Å². The van der Waals surface area contributed by atoms with Gasteiger partial charge in [0.1, 0.15) is 11.6 Å². The molecule has 108 valence electrons. The predicted molar refractivity (Wildman–Crippen MR) is 79.8 cm³/mol. The first-order valence-electron chi connectivity index (χ1n) is 7.31. The van der Waals surface area contributed by atoms with Crippen LogP contribution in [0.2, 0.25) is 0 Å². The van der Waals surface area contributed by atoms with Crippen molar-refractivity contribution in [3.05, 3.63) is 11.9 Å². The van der Waals surface area contributed by atoms with Gasteiger partial charge in [0.2, 0.25) is 5.88 Å². The molecule has 0 bridgehead atoms. The predicted octanol–water partition coefficient (Wildman–Crippen LogP) is 3.68. The fraction of sp³-hybridized carbons (Fsp3) is 0.733. The second-order valence-corrected chi connectivity index (χ2v) is 5.30. The van der Waals surface area contributed by atoms with Crippen LogP contribution in [0.1, 0.15) is 52.3 Å². The van der Waals surface area contributed by atoms with E-state index in [0.717, 1.165) is 24.6 Å². The molecule has 0 aromatic carbocycles. The SMILES string of the molecule is CCCCCCNc1cc(OC)nc(CC(C)C)n1. The molecule has 1 N–H and O–H groups in total. The molecule has 0 spiro atoms.